The smallest absolute Gasteiger partial charge is 0.394 e. The van der Waals surface area contributed by atoms with Gasteiger partial charge in [0.05, 0.1) is 11.8 Å². The Labute approximate surface area is 133 Å². The zero-order chi connectivity index (χ0) is 17.2. The van der Waals surface area contributed by atoms with Gasteiger partial charge in [0.1, 0.15) is 0 Å². The van der Waals surface area contributed by atoms with Crippen molar-refractivity contribution in [2.24, 2.45) is 17.8 Å². The third kappa shape index (κ3) is 4.29. The molecule has 2 N–H and O–H groups in total. The Balaban J connectivity index is 1.96. The van der Waals surface area contributed by atoms with Crippen molar-refractivity contribution in [3.8, 4) is 0 Å². The molecule has 2 unspecified atom stereocenters. The van der Waals surface area contributed by atoms with Crippen molar-refractivity contribution in [3.05, 3.63) is 0 Å². The first-order valence-electron chi connectivity index (χ1n) is 8.07. The van der Waals surface area contributed by atoms with Gasteiger partial charge in [0, 0.05) is 19.1 Å². The Hall–Kier alpha value is -1.47. The normalized spacial score (nSPS) is 31.9. The number of nitrogens with one attached hydrogen (secondary N) is 1. The summed E-state index contributed by atoms with van der Waals surface area (Å²) in [5, 5.41) is 11.8. The third-order valence-electron chi connectivity index (χ3n) is 5.03. The lowest BCUT2D eigenvalue weighted by Crippen LogP contribution is -2.46. The van der Waals surface area contributed by atoms with Crippen LogP contribution in [0.15, 0.2) is 0 Å². The number of hydrogen-bond acceptors (Lipinski definition) is 2. The number of alkyl halides is 3. The van der Waals surface area contributed by atoms with Crippen LogP contribution in [0.3, 0.4) is 0 Å². The van der Waals surface area contributed by atoms with Gasteiger partial charge < -0.3 is 15.3 Å². The Kier molecular flexibility index (Phi) is 5.41. The van der Waals surface area contributed by atoms with E-state index in [1.54, 1.807) is 0 Å². The van der Waals surface area contributed by atoms with Crippen LogP contribution in [0.5, 0.6) is 0 Å². The zero-order valence-electron chi connectivity index (χ0n) is 13.1. The molecular weight excluding hydrogens is 313 g/mol. The van der Waals surface area contributed by atoms with E-state index in [0.717, 1.165) is 37.0 Å². The van der Waals surface area contributed by atoms with Gasteiger partial charge >= 0.3 is 18.2 Å². The molecule has 0 aromatic carbocycles. The van der Waals surface area contributed by atoms with Crippen LogP contribution < -0.4 is 5.32 Å². The van der Waals surface area contributed by atoms with Crippen LogP contribution in [0.4, 0.5) is 18.0 Å². The van der Waals surface area contributed by atoms with E-state index in [9.17, 15) is 22.8 Å². The quantitative estimate of drug-likeness (QED) is 0.833. The predicted octanol–water partition coefficient (Wildman–Crippen LogP) is 2.86. The maximum Gasteiger partial charge on any atom is 0.394 e. The fourth-order valence-corrected chi connectivity index (χ4v) is 3.61. The van der Waals surface area contributed by atoms with Crippen molar-refractivity contribution >= 4 is 12.0 Å². The molecule has 2 aliphatic rings. The highest BCUT2D eigenvalue weighted by molar-refractivity contribution is 5.78. The summed E-state index contributed by atoms with van der Waals surface area (Å²) < 4.78 is 38.8. The van der Waals surface area contributed by atoms with Gasteiger partial charge in [0.15, 0.2) is 0 Å². The molecule has 2 rings (SSSR count). The maximum absolute atomic E-state index is 12.9. The van der Waals surface area contributed by atoms with Crippen LogP contribution >= 0.6 is 0 Å². The second kappa shape index (κ2) is 6.97. The lowest BCUT2D eigenvalue weighted by Gasteiger charge is -2.30. The lowest BCUT2D eigenvalue weighted by atomic mass is 9.84. The standard InChI is InChI=1S/C15H23F3N2O3/c1-2-9-4-3-5-10(6-9)19-14(23)20-7-11(13(21)22)12(8-20)15(16,17)18/h9-12H,2-8H2,1H3,(H,19,23)(H,21,22)/t9?,10?,11-,12-/m1/s1. The summed E-state index contributed by atoms with van der Waals surface area (Å²) in [5.74, 6) is -4.57. The zero-order valence-corrected chi connectivity index (χ0v) is 13.1. The minimum Gasteiger partial charge on any atom is -0.481 e. The number of carbonyl (C=O) groups is 2. The van der Waals surface area contributed by atoms with Gasteiger partial charge in [-0.3, -0.25) is 4.79 Å². The summed E-state index contributed by atoms with van der Waals surface area (Å²) in [4.78, 5) is 24.2. The SMILES string of the molecule is CCC1CCCC(NC(=O)N2C[C@@H](C(F)(F)F)[C@H](C(=O)O)C2)C1. The van der Waals surface area contributed by atoms with Crippen LogP contribution in [-0.2, 0) is 4.79 Å². The van der Waals surface area contributed by atoms with Crippen LogP contribution in [0.1, 0.15) is 39.0 Å². The Morgan fingerprint density at radius 1 is 1.26 bits per heavy atom. The van der Waals surface area contributed by atoms with Crippen LogP contribution in [0, 0.1) is 17.8 Å². The van der Waals surface area contributed by atoms with E-state index in [0.29, 0.717) is 5.92 Å². The van der Waals surface area contributed by atoms with E-state index in [1.807, 2.05) is 0 Å². The molecule has 2 amide bonds. The first kappa shape index (κ1) is 17.9. The molecule has 1 saturated carbocycles. The minimum atomic E-state index is -4.61. The number of rotatable bonds is 3. The maximum atomic E-state index is 12.9. The van der Waals surface area contributed by atoms with Crippen molar-refractivity contribution in [2.75, 3.05) is 13.1 Å². The highest BCUT2D eigenvalue weighted by Crippen LogP contribution is 2.37. The largest absolute Gasteiger partial charge is 0.481 e. The Bertz CT molecular complexity index is 456. The van der Waals surface area contributed by atoms with Crippen LogP contribution in [0.2, 0.25) is 0 Å². The van der Waals surface area contributed by atoms with Gasteiger partial charge in [-0.05, 0) is 18.8 Å². The van der Waals surface area contributed by atoms with Gasteiger partial charge in [-0.1, -0.05) is 26.2 Å². The van der Waals surface area contributed by atoms with Gasteiger partial charge in [0.2, 0.25) is 0 Å². The molecule has 23 heavy (non-hydrogen) atoms. The lowest BCUT2D eigenvalue weighted by molar-refractivity contribution is -0.187. The molecule has 1 heterocycles. The molecule has 5 nitrogen and oxygen atoms in total. The van der Waals surface area contributed by atoms with Gasteiger partial charge in [-0.15, -0.1) is 0 Å². The fraction of sp³-hybridized carbons (Fsp3) is 0.867. The second-order valence-electron chi connectivity index (χ2n) is 6.59. The van der Waals surface area contributed by atoms with Crippen LogP contribution in [0.25, 0.3) is 0 Å². The first-order chi connectivity index (χ1) is 10.7. The third-order valence-corrected chi connectivity index (χ3v) is 5.03. The summed E-state index contributed by atoms with van der Waals surface area (Å²) in [5.41, 5.74) is 0. The highest BCUT2D eigenvalue weighted by atomic mass is 19.4. The molecule has 0 spiro atoms. The number of halogens is 3. The number of carboxylic acid groups (broad SMARTS) is 1. The molecule has 1 aliphatic carbocycles. The summed E-state index contributed by atoms with van der Waals surface area (Å²) >= 11 is 0. The predicted molar refractivity (Wildman–Crippen MR) is 76.8 cm³/mol. The molecule has 0 aromatic heterocycles. The topological polar surface area (TPSA) is 69.6 Å². The van der Waals surface area contributed by atoms with Crippen molar-refractivity contribution in [1.29, 1.82) is 0 Å². The molecule has 4 atom stereocenters. The molecule has 1 aliphatic heterocycles. The number of urea groups is 1. The molecule has 0 bridgehead atoms. The Morgan fingerprint density at radius 3 is 2.48 bits per heavy atom. The summed E-state index contributed by atoms with van der Waals surface area (Å²) in [6, 6.07) is -0.612. The van der Waals surface area contributed by atoms with E-state index in [2.05, 4.69) is 12.2 Å². The van der Waals surface area contributed by atoms with E-state index in [-0.39, 0.29) is 6.04 Å². The average Bonchev–Trinajstić information content (AvgIpc) is 2.93. The molecule has 1 saturated heterocycles. The van der Waals surface area contributed by atoms with Gasteiger partial charge in [-0.2, -0.15) is 13.2 Å². The molecule has 0 radical (unpaired) electrons. The average molecular weight is 336 g/mol. The van der Waals surface area contributed by atoms with E-state index >= 15 is 0 Å². The number of hydrogen-bond donors (Lipinski definition) is 2. The summed E-state index contributed by atoms with van der Waals surface area (Å²) in [6.07, 6.45) is 0.169. The molecule has 8 heteroatoms. The number of likely N-dealkylation sites (tertiary alicyclic amines) is 1. The molecule has 132 valence electrons. The van der Waals surface area contributed by atoms with Crippen molar-refractivity contribution in [3.63, 3.8) is 0 Å². The van der Waals surface area contributed by atoms with Crippen LogP contribution in [-0.4, -0.2) is 47.3 Å². The summed E-state index contributed by atoms with van der Waals surface area (Å²) in [6.45, 7) is 1.10. The molecule has 0 aromatic rings. The number of aliphatic carboxylic acids is 1. The monoisotopic (exact) mass is 336 g/mol. The molecule has 2 fully saturated rings. The van der Waals surface area contributed by atoms with E-state index in [1.165, 1.54) is 0 Å². The van der Waals surface area contributed by atoms with Crippen molar-refractivity contribution in [2.45, 2.75) is 51.2 Å². The van der Waals surface area contributed by atoms with E-state index < -0.39 is 43.1 Å². The number of amides is 2. The second-order valence-corrected chi connectivity index (χ2v) is 6.59. The number of nitrogens with zero attached hydrogens (tertiary/aromatic N) is 1. The van der Waals surface area contributed by atoms with Gasteiger partial charge in [-0.25, -0.2) is 4.79 Å². The number of carbonyl (C=O) groups excluding carboxylic acids is 1. The Morgan fingerprint density at radius 2 is 1.96 bits per heavy atom. The van der Waals surface area contributed by atoms with Gasteiger partial charge in [0.25, 0.3) is 0 Å². The van der Waals surface area contributed by atoms with E-state index in [4.69, 9.17) is 5.11 Å². The fourth-order valence-electron chi connectivity index (χ4n) is 3.61. The van der Waals surface area contributed by atoms with Crippen molar-refractivity contribution < 1.29 is 27.9 Å². The number of carboxylic acids is 1. The first-order valence-corrected chi connectivity index (χ1v) is 8.07. The highest BCUT2D eigenvalue weighted by Gasteiger charge is 2.53. The van der Waals surface area contributed by atoms with Crippen molar-refractivity contribution in [1.82, 2.24) is 10.2 Å². The summed E-state index contributed by atoms with van der Waals surface area (Å²) in [7, 11) is 0. The minimum absolute atomic E-state index is 0.0329. The molecular formula is C15H23F3N2O3.